The second-order valence-corrected chi connectivity index (χ2v) is 13.5. The Morgan fingerprint density at radius 1 is 0.489 bits per heavy atom. The molecule has 0 aliphatic carbocycles. The van der Waals surface area contributed by atoms with Crippen LogP contribution in [0.3, 0.4) is 0 Å². The van der Waals surface area contributed by atoms with E-state index in [4.69, 9.17) is 9.47 Å². The summed E-state index contributed by atoms with van der Waals surface area (Å²) in [6, 6.07) is 0. The van der Waals surface area contributed by atoms with Gasteiger partial charge in [0.25, 0.3) is 0 Å². The van der Waals surface area contributed by atoms with Crippen LogP contribution in [0.2, 0.25) is 0 Å². The van der Waals surface area contributed by atoms with E-state index in [1.807, 2.05) is 0 Å². The molecule has 0 radical (unpaired) electrons. The molecule has 0 bridgehead atoms. The van der Waals surface area contributed by atoms with Crippen LogP contribution in [-0.4, -0.2) is 38.2 Å². The van der Waals surface area contributed by atoms with Gasteiger partial charge < -0.3 is 14.8 Å². The van der Waals surface area contributed by atoms with E-state index in [-0.39, 0.29) is 23.8 Å². The van der Waals surface area contributed by atoms with Crippen LogP contribution in [0, 0.1) is 11.8 Å². The van der Waals surface area contributed by atoms with Gasteiger partial charge in [0.05, 0.1) is 13.2 Å². The molecule has 0 aromatic carbocycles. The number of carbonyl (C=O) groups excluding carboxylic acids is 2. The number of rotatable bonds is 32. The van der Waals surface area contributed by atoms with Crippen LogP contribution < -0.4 is 5.32 Å². The maximum atomic E-state index is 12.3. The molecule has 5 heteroatoms. The molecule has 0 aromatic rings. The fraction of sp³-hybridized carbons (Fsp3) is 0.762. The molecule has 0 unspecified atom stereocenters. The van der Waals surface area contributed by atoms with E-state index in [1.54, 1.807) is 0 Å². The highest BCUT2D eigenvalue weighted by Gasteiger charge is 2.29. The van der Waals surface area contributed by atoms with Crippen molar-refractivity contribution in [1.29, 1.82) is 0 Å². The number of nitrogens with one attached hydrogen (secondary N) is 1. The zero-order valence-electron chi connectivity index (χ0n) is 30.7. The number of hydrogen-bond acceptors (Lipinski definition) is 5. The lowest BCUT2D eigenvalue weighted by Crippen LogP contribution is -2.25. The molecule has 5 nitrogen and oxygen atoms in total. The summed E-state index contributed by atoms with van der Waals surface area (Å²) in [5.41, 5.74) is 0. The van der Waals surface area contributed by atoms with Gasteiger partial charge >= 0.3 is 11.9 Å². The van der Waals surface area contributed by atoms with Gasteiger partial charge in [-0.05, 0) is 77.0 Å². The first kappa shape index (κ1) is 42.9. The fourth-order valence-corrected chi connectivity index (χ4v) is 5.88. The Bertz CT molecular complexity index is 778. The van der Waals surface area contributed by atoms with Gasteiger partial charge in [0.15, 0.2) is 0 Å². The summed E-state index contributed by atoms with van der Waals surface area (Å²) in [6.07, 6.45) is 45.2. The molecule has 1 saturated heterocycles. The SMILES string of the molecule is CCCCC/C=C/C/C=C\CCCCCCCC(=O)OC[C@H]1CNC[C@@H]1COC(=O)CCCCCCC/C=C\C/C=C/CCCCC. The molecular formula is C42H73NO4. The smallest absolute Gasteiger partial charge is 0.305 e. The molecule has 0 spiro atoms. The summed E-state index contributed by atoms with van der Waals surface area (Å²) in [4.78, 5) is 24.6. The van der Waals surface area contributed by atoms with Crippen molar-refractivity contribution in [3.8, 4) is 0 Å². The second kappa shape index (κ2) is 33.7. The van der Waals surface area contributed by atoms with Crippen molar-refractivity contribution >= 4 is 11.9 Å². The second-order valence-electron chi connectivity index (χ2n) is 13.5. The maximum absolute atomic E-state index is 12.3. The summed E-state index contributed by atoms with van der Waals surface area (Å²) >= 11 is 0. The number of unbranched alkanes of at least 4 members (excludes halogenated alkanes) is 16. The zero-order valence-corrected chi connectivity index (χ0v) is 30.7. The number of ether oxygens (including phenoxy) is 2. The molecule has 1 aliphatic rings. The summed E-state index contributed by atoms with van der Waals surface area (Å²) in [5.74, 6) is 0.235. The minimum absolute atomic E-state index is 0.0975. The van der Waals surface area contributed by atoms with Gasteiger partial charge in [0, 0.05) is 37.8 Å². The normalized spacial score (nSPS) is 16.8. The van der Waals surface area contributed by atoms with Crippen molar-refractivity contribution in [2.45, 2.75) is 168 Å². The third-order valence-electron chi connectivity index (χ3n) is 9.06. The minimum Gasteiger partial charge on any atom is -0.465 e. The molecule has 0 aromatic heterocycles. The Morgan fingerprint density at radius 3 is 1.21 bits per heavy atom. The molecule has 47 heavy (non-hydrogen) atoms. The molecule has 1 fully saturated rings. The van der Waals surface area contributed by atoms with Gasteiger partial charge in [-0.25, -0.2) is 0 Å². The van der Waals surface area contributed by atoms with Crippen molar-refractivity contribution in [1.82, 2.24) is 5.32 Å². The Kier molecular flexibility index (Phi) is 30.8. The van der Waals surface area contributed by atoms with Crippen LogP contribution in [-0.2, 0) is 19.1 Å². The maximum Gasteiger partial charge on any atom is 0.305 e. The van der Waals surface area contributed by atoms with E-state index in [9.17, 15) is 9.59 Å². The molecule has 1 aliphatic heterocycles. The largest absolute Gasteiger partial charge is 0.465 e. The fourth-order valence-electron chi connectivity index (χ4n) is 5.88. The number of carbonyl (C=O) groups is 2. The predicted molar refractivity (Wildman–Crippen MR) is 200 cm³/mol. The average Bonchev–Trinajstić information content (AvgIpc) is 3.53. The lowest BCUT2D eigenvalue weighted by atomic mass is 9.98. The number of hydrogen-bond donors (Lipinski definition) is 1. The average molecular weight is 656 g/mol. The highest BCUT2D eigenvalue weighted by atomic mass is 16.5. The first-order valence-electron chi connectivity index (χ1n) is 19.8. The topological polar surface area (TPSA) is 64.6 Å². The Morgan fingerprint density at radius 2 is 0.830 bits per heavy atom. The molecule has 1 heterocycles. The molecule has 2 atom stereocenters. The summed E-state index contributed by atoms with van der Waals surface area (Å²) in [5, 5.41) is 3.37. The Balaban J connectivity index is 1.95. The van der Waals surface area contributed by atoms with E-state index in [2.05, 4.69) is 67.8 Å². The van der Waals surface area contributed by atoms with E-state index in [0.29, 0.717) is 26.1 Å². The Hall–Kier alpha value is -2.14. The van der Waals surface area contributed by atoms with Crippen molar-refractivity contribution in [2.24, 2.45) is 11.8 Å². The molecule has 0 saturated carbocycles. The third-order valence-corrected chi connectivity index (χ3v) is 9.06. The van der Waals surface area contributed by atoms with Gasteiger partial charge in [0.1, 0.15) is 0 Å². The van der Waals surface area contributed by atoms with E-state index in [1.165, 1.54) is 89.9 Å². The highest BCUT2D eigenvalue weighted by Crippen LogP contribution is 2.19. The molecular weight excluding hydrogens is 582 g/mol. The highest BCUT2D eigenvalue weighted by molar-refractivity contribution is 5.69. The van der Waals surface area contributed by atoms with Crippen LogP contribution in [0.25, 0.3) is 0 Å². The van der Waals surface area contributed by atoms with Gasteiger partial charge in [-0.2, -0.15) is 0 Å². The van der Waals surface area contributed by atoms with Gasteiger partial charge in [-0.3, -0.25) is 9.59 Å². The van der Waals surface area contributed by atoms with Crippen LogP contribution in [0.4, 0.5) is 0 Å². The van der Waals surface area contributed by atoms with Gasteiger partial charge in [-0.15, -0.1) is 0 Å². The summed E-state index contributed by atoms with van der Waals surface area (Å²) in [6.45, 7) is 6.94. The first-order valence-corrected chi connectivity index (χ1v) is 19.8. The van der Waals surface area contributed by atoms with E-state index in [0.717, 1.165) is 64.5 Å². The van der Waals surface area contributed by atoms with Crippen LogP contribution in [0.1, 0.15) is 168 Å². The van der Waals surface area contributed by atoms with Crippen molar-refractivity contribution in [2.75, 3.05) is 26.3 Å². The van der Waals surface area contributed by atoms with Gasteiger partial charge in [-0.1, -0.05) is 127 Å². The van der Waals surface area contributed by atoms with Crippen molar-refractivity contribution in [3.05, 3.63) is 48.6 Å². The van der Waals surface area contributed by atoms with E-state index < -0.39 is 0 Å². The molecule has 270 valence electrons. The molecule has 1 N–H and O–H groups in total. The van der Waals surface area contributed by atoms with Crippen molar-refractivity contribution in [3.63, 3.8) is 0 Å². The summed E-state index contributed by atoms with van der Waals surface area (Å²) < 4.78 is 11.2. The number of esters is 2. The summed E-state index contributed by atoms with van der Waals surface area (Å²) in [7, 11) is 0. The first-order chi connectivity index (χ1) is 23.2. The Labute approximate surface area is 290 Å². The quantitative estimate of drug-likeness (QED) is 0.0444. The third kappa shape index (κ3) is 28.6. The lowest BCUT2D eigenvalue weighted by Gasteiger charge is -2.18. The predicted octanol–water partition coefficient (Wildman–Crippen LogP) is 11.5. The molecule has 1 rings (SSSR count). The van der Waals surface area contributed by atoms with Crippen LogP contribution >= 0.6 is 0 Å². The van der Waals surface area contributed by atoms with Crippen LogP contribution in [0.5, 0.6) is 0 Å². The van der Waals surface area contributed by atoms with Crippen LogP contribution in [0.15, 0.2) is 48.6 Å². The minimum atomic E-state index is -0.0975. The zero-order chi connectivity index (χ0) is 33.9. The van der Waals surface area contributed by atoms with Crippen molar-refractivity contribution < 1.29 is 19.1 Å². The molecule has 0 amide bonds. The van der Waals surface area contributed by atoms with Gasteiger partial charge in [0.2, 0.25) is 0 Å². The number of allylic oxidation sites excluding steroid dienone is 8. The standard InChI is InChI=1S/C42H73NO4/c1-3-5-7-9-11-13-15-17-19-21-23-25-27-29-31-33-41(44)46-37-39-35-43-36-40(39)38-47-42(45)34-32-30-28-26-24-22-20-18-16-14-12-10-8-6-4-2/h11-14,17-20,39-40,43H,3-10,15-16,21-38H2,1-2H3/b13-11+,14-12+,19-17-,20-18-/t39-,40-/m1/s1. The monoisotopic (exact) mass is 656 g/mol. The lowest BCUT2D eigenvalue weighted by molar-refractivity contribution is -0.149. The van der Waals surface area contributed by atoms with E-state index >= 15 is 0 Å².